The largest absolute Gasteiger partial charge is 0.431 e. The minimum Gasteiger partial charge on any atom is -0.431 e. The Morgan fingerprint density at radius 3 is 3.06 bits per heavy atom. The lowest BCUT2D eigenvalue weighted by Crippen LogP contribution is -2.19. The molecule has 2 aromatic rings. The van der Waals surface area contributed by atoms with Gasteiger partial charge in [0.2, 0.25) is 0 Å². The number of ether oxygens (including phenoxy) is 1. The van der Waals surface area contributed by atoms with Gasteiger partial charge in [-0.3, -0.25) is 0 Å². The van der Waals surface area contributed by atoms with Gasteiger partial charge in [-0.05, 0) is 25.1 Å². The fraction of sp³-hybridized carbons (Fsp3) is 0.462. The summed E-state index contributed by atoms with van der Waals surface area (Å²) < 4.78 is 10.6. The number of hydrogen-bond acceptors (Lipinski definition) is 5. The van der Waals surface area contributed by atoms with Crippen LogP contribution < -0.4 is 5.32 Å². The molecule has 0 saturated heterocycles. The molecule has 0 bridgehead atoms. The molecule has 5 heteroatoms. The van der Waals surface area contributed by atoms with Gasteiger partial charge in [0.1, 0.15) is 5.52 Å². The van der Waals surface area contributed by atoms with E-state index in [1.807, 2.05) is 24.3 Å². The van der Waals surface area contributed by atoms with Gasteiger partial charge in [-0.1, -0.05) is 23.9 Å². The zero-order valence-corrected chi connectivity index (χ0v) is 11.3. The predicted octanol–water partition coefficient (Wildman–Crippen LogP) is 2.55. The molecule has 1 aromatic heterocycles. The van der Waals surface area contributed by atoms with Gasteiger partial charge in [-0.2, -0.15) is 0 Å². The quantitative estimate of drug-likeness (QED) is 0.588. The fourth-order valence-corrected chi connectivity index (χ4v) is 2.32. The Morgan fingerprint density at radius 2 is 2.22 bits per heavy atom. The van der Waals surface area contributed by atoms with Crippen molar-refractivity contribution >= 4 is 22.9 Å². The Bertz CT molecular complexity index is 440. The van der Waals surface area contributed by atoms with E-state index in [2.05, 4.69) is 10.3 Å². The number of para-hydroxylation sites is 2. The normalized spacial score (nSPS) is 11.2. The second kappa shape index (κ2) is 7.41. The zero-order chi connectivity index (χ0) is 12.6. The molecule has 0 unspecified atom stereocenters. The summed E-state index contributed by atoms with van der Waals surface area (Å²) >= 11 is 1.64. The number of aromatic nitrogens is 1. The molecule has 0 radical (unpaired) electrons. The molecule has 0 atom stereocenters. The number of thioether (sulfide) groups is 1. The standard InChI is InChI=1S/C13H18N2O2S/c1-16-9-4-7-14-8-10-18-13-15-11-5-2-3-6-12(11)17-13/h2-3,5-6,14H,4,7-10H2,1H3. The number of hydrogen-bond donors (Lipinski definition) is 1. The average molecular weight is 266 g/mol. The second-order valence-electron chi connectivity index (χ2n) is 3.89. The summed E-state index contributed by atoms with van der Waals surface area (Å²) in [6.45, 7) is 2.75. The van der Waals surface area contributed by atoms with Crippen molar-refractivity contribution in [1.82, 2.24) is 10.3 Å². The molecular weight excluding hydrogens is 248 g/mol. The molecule has 1 heterocycles. The van der Waals surface area contributed by atoms with Crippen LogP contribution in [0.4, 0.5) is 0 Å². The van der Waals surface area contributed by atoms with Gasteiger partial charge < -0.3 is 14.5 Å². The number of fused-ring (bicyclic) bond motifs is 1. The molecule has 1 N–H and O–H groups in total. The van der Waals surface area contributed by atoms with Crippen molar-refractivity contribution in [2.45, 2.75) is 11.6 Å². The fourth-order valence-electron chi connectivity index (χ4n) is 1.59. The lowest BCUT2D eigenvalue weighted by Gasteiger charge is -2.02. The third-order valence-electron chi connectivity index (χ3n) is 2.48. The average Bonchev–Trinajstić information content (AvgIpc) is 2.80. The van der Waals surface area contributed by atoms with E-state index in [1.165, 1.54) is 0 Å². The van der Waals surface area contributed by atoms with Crippen LogP contribution in [0.1, 0.15) is 6.42 Å². The van der Waals surface area contributed by atoms with Crippen LogP contribution in [0.5, 0.6) is 0 Å². The van der Waals surface area contributed by atoms with Gasteiger partial charge in [0, 0.05) is 26.0 Å². The Morgan fingerprint density at radius 1 is 1.33 bits per heavy atom. The van der Waals surface area contributed by atoms with Crippen LogP contribution in [0.15, 0.2) is 33.9 Å². The smallest absolute Gasteiger partial charge is 0.256 e. The minimum atomic E-state index is 0.745. The molecule has 98 valence electrons. The molecule has 0 fully saturated rings. The highest BCUT2D eigenvalue weighted by molar-refractivity contribution is 7.99. The zero-order valence-electron chi connectivity index (χ0n) is 10.5. The number of nitrogens with zero attached hydrogens (tertiary/aromatic N) is 1. The lowest BCUT2D eigenvalue weighted by atomic mass is 10.3. The van der Waals surface area contributed by atoms with Crippen LogP contribution in [0.3, 0.4) is 0 Å². The first-order valence-corrected chi connectivity index (χ1v) is 7.07. The molecule has 2 rings (SSSR count). The lowest BCUT2D eigenvalue weighted by molar-refractivity contribution is 0.194. The summed E-state index contributed by atoms with van der Waals surface area (Å²) in [4.78, 5) is 4.41. The van der Waals surface area contributed by atoms with Crippen molar-refractivity contribution in [1.29, 1.82) is 0 Å². The van der Waals surface area contributed by atoms with Crippen molar-refractivity contribution in [2.75, 3.05) is 32.6 Å². The predicted molar refractivity (Wildman–Crippen MR) is 74.1 cm³/mol. The SMILES string of the molecule is COCCCNCCSc1nc2ccccc2o1. The topological polar surface area (TPSA) is 47.3 Å². The summed E-state index contributed by atoms with van der Waals surface area (Å²) in [5, 5.41) is 4.10. The number of nitrogens with one attached hydrogen (secondary N) is 1. The van der Waals surface area contributed by atoms with Crippen molar-refractivity contribution in [3.05, 3.63) is 24.3 Å². The Kier molecular flexibility index (Phi) is 5.51. The van der Waals surface area contributed by atoms with Crippen LogP contribution in [-0.2, 0) is 4.74 Å². The Labute approximate surface area is 111 Å². The van der Waals surface area contributed by atoms with Crippen molar-refractivity contribution in [3.63, 3.8) is 0 Å². The molecule has 18 heavy (non-hydrogen) atoms. The van der Waals surface area contributed by atoms with E-state index in [-0.39, 0.29) is 0 Å². The highest BCUT2D eigenvalue weighted by atomic mass is 32.2. The summed E-state index contributed by atoms with van der Waals surface area (Å²) in [7, 11) is 1.73. The van der Waals surface area contributed by atoms with Crippen LogP contribution in [0.25, 0.3) is 11.1 Å². The van der Waals surface area contributed by atoms with E-state index in [0.29, 0.717) is 0 Å². The van der Waals surface area contributed by atoms with Gasteiger partial charge in [-0.15, -0.1) is 0 Å². The van der Waals surface area contributed by atoms with Gasteiger partial charge >= 0.3 is 0 Å². The molecular formula is C13H18N2O2S. The molecule has 0 spiro atoms. The number of methoxy groups -OCH3 is 1. The Balaban J connectivity index is 1.67. The maximum Gasteiger partial charge on any atom is 0.256 e. The van der Waals surface area contributed by atoms with Gasteiger partial charge in [0.25, 0.3) is 5.22 Å². The third-order valence-corrected chi connectivity index (χ3v) is 3.31. The summed E-state index contributed by atoms with van der Waals surface area (Å²) in [6.07, 6.45) is 1.05. The van der Waals surface area contributed by atoms with Crippen LogP contribution in [0, 0.1) is 0 Å². The molecule has 0 amide bonds. The van der Waals surface area contributed by atoms with E-state index in [9.17, 15) is 0 Å². The summed E-state index contributed by atoms with van der Waals surface area (Å²) in [5.41, 5.74) is 1.78. The van der Waals surface area contributed by atoms with E-state index in [0.717, 1.165) is 48.2 Å². The second-order valence-corrected chi connectivity index (χ2v) is 4.94. The van der Waals surface area contributed by atoms with Crippen LogP contribution in [-0.4, -0.2) is 37.5 Å². The number of rotatable bonds is 8. The molecule has 0 saturated carbocycles. The third kappa shape index (κ3) is 4.01. The van der Waals surface area contributed by atoms with Gasteiger partial charge in [-0.25, -0.2) is 4.98 Å². The molecule has 0 aliphatic rings. The molecule has 0 aliphatic carbocycles. The van der Waals surface area contributed by atoms with E-state index in [1.54, 1.807) is 18.9 Å². The maximum atomic E-state index is 5.62. The highest BCUT2D eigenvalue weighted by Crippen LogP contribution is 2.22. The maximum absolute atomic E-state index is 5.62. The summed E-state index contributed by atoms with van der Waals surface area (Å²) in [5.74, 6) is 0.958. The van der Waals surface area contributed by atoms with Crippen LogP contribution >= 0.6 is 11.8 Å². The monoisotopic (exact) mass is 266 g/mol. The molecule has 4 nitrogen and oxygen atoms in total. The van der Waals surface area contributed by atoms with Crippen molar-refractivity contribution < 1.29 is 9.15 Å². The summed E-state index contributed by atoms with van der Waals surface area (Å²) in [6, 6.07) is 7.83. The van der Waals surface area contributed by atoms with Gasteiger partial charge in [0.15, 0.2) is 5.58 Å². The number of oxazole rings is 1. The molecule has 0 aliphatic heterocycles. The first-order valence-electron chi connectivity index (χ1n) is 6.08. The first-order chi connectivity index (χ1) is 8.90. The van der Waals surface area contributed by atoms with E-state index < -0.39 is 0 Å². The van der Waals surface area contributed by atoms with Crippen molar-refractivity contribution in [3.8, 4) is 0 Å². The number of benzene rings is 1. The van der Waals surface area contributed by atoms with E-state index >= 15 is 0 Å². The Hall–Kier alpha value is -1.04. The van der Waals surface area contributed by atoms with Crippen LogP contribution in [0.2, 0.25) is 0 Å². The van der Waals surface area contributed by atoms with Crippen molar-refractivity contribution in [2.24, 2.45) is 0 Å². The first kappa shape index (κ1) is 13.4. The van der Waals surface area contributed by atoms with Gasteiger partial charge in [0.05, 0.1) is 0 Å². The molecule has 1 aromatic carbocycles. The highest BCUT2D eigenvalue weighted by Gasteiger charge is 2.04. The van der Waals surface area contributed by atoms with E-state index in [4.69, 9.17) is 9.15 Å². The minimum absolute atomic E-state index is 0.745.